The number of aromatic nitrogens is 1. The highest BCUT2D eigenvalue weighted by Gasteiger charge is 2.40. The third-order valence-corrected chi connectivity index (χ3v) is 7.37. The Kier molecular flexibility index (Phi) is 6.30. The van der Waals surface area contributed by atoms with Crippen molar-refractivity contribution in [1.82, 2.24) is 9.47 Å². The van der Waals surface area contributed by atoms with Gasteiger partial charge < -0.3 is 18.9 Å². The first-order valence-electron chi connectivity index (χ1n) is 12.9. The standard InChI is InChI=1S/C31H28FN3O4/c1-38-23-15-16-24(28(18-23)39-2)31(37)34(22-13-14-22)19-29(36)35-26-7-4-3-6-25(26)33-17-5-8-27(33)30(35)20-9-11-21(32)12-10-20/h3-12,15-18,22,30H,13-14,19H2,1-2H3. The number of nitrogens with zero attached hydrogens (tertiary/aromatic N) is 3. The molecule has 1 aliphatic carbocycles. The van der Waals surface area contributed by atoms with Gasteiger partial charge in [0.25, 0.3) is 5.91 Å². The molecule has 0 bridgehead atoms. The Morgan fingerprint density at radius 1 is 0.923 bits per heavy atom. The van der Waals surface area contributed by atoms with Crippen LogP contribution in [0.15, 0.2) is 85.1 Å². The minimum Gasteiger partial charge on any atom is -0.497 e. The van der Waals surface area contributed by atoms with Gasteiger partial charge in [0.05, 0.1) is 36.9 Å². The molecule has 1 fully saturated rings. The van der Waals surface area contributed by atoms with Gasteiger partial charge in [-0.2, -0.15) is 0 Å². The third-order valence-electron chi connectivity index (χ3n) is 7.37. The van der Waals surface area contributed by atoms with Gasteiger partial charge >= 0.3 is 0 Å². The molecule has 0 radical (unpaired) electrons. The van der Waals surface area contributed by atoms with E-state index in [1.165, 1.54) is 19.2 Å². The average Bonchev–Trinajstić information content (AvgIpc) is 3.69. The lowest BCUT2D eigenvalue weighted by Crippen LogP contribution is -2.47. The first-order chi connectivity index (χ1) is 19.0. The maximum atomic E-state index is 14.3. The van der Waals surface area contributed by atoms with Crippen molar-refractivity contribution in [2.75, 3.05) is 25.7 Å². The molecule has 0 saturated heterocycles. The molecule has 1 aliphatic heterocycles. The summed E-state index contributed by atoms with van der Waals surface area (Å²) in [5.74, 6) is 0.131. The zero-order valence-corrected chi connectivity index (χ0v) is 21.7. The fourth-order valence-corrected chi connectivity index (χ4v) is 5.33. The lowest BCUT2D eigenvalue weighted by molar-refractivity contribution is -0.119. The lowest BCUT2D eigenvalue weighted by Gasteiger charge is -2.39. The lowest BCUT2D eigenvalue weighted by atomic mass is 9.97. The molecule has 2 aliphatic rings. The van der Waals surface area contributed by atoms with Crippen molar-refractivity contribution in [2.45, 2.75) is 24.9 Å². The van der Waals surface area contributed by atoms with Crippen LogP contribution in [0.1, 0.15) is 40.5 Å². The molecule has 7 nitrogen and oxygen atoms in total. The third kappa shape index (κ3) is 4.41. The summed E-state index contributed by atoms with van der Waals surface area (Å²) in [5.41, 5.74) is 3.63. The molecule has 3 aromatic carbocycles. The molecular formula is C31H28FN3O4. The topological polar surface area (TPSA) is 64.0 Å². The van der Waals surface area contributed by atoms with Gasteiger partial charge in [-0.3, -0.25) is 14.5 Å². The Bertz CT molecular complexity index is 1540. The molecular weight excluding hydrogens is 497 g/mol. The van der Waals surface area contributed by atoms with E-state index < -0.39 is 6.04 Å². The number of hydrogen-bond acceptors (Lipinski definition) is 4. The Balaban J connectivity index is 1.39. The van der Waals surface area contributed by atoms with Gasteiger partial charge in [0, 0.05) is 18.3 Å². The van der Waals surface area contributed by atoms with Gasteiger partial charge in [-0.1, -0.05) is 24.3 Å². The molecule has 0 spiro atoms. The highest BCUT2D eigenvalue weighted by atomic mass is 19.1. The molecule has 8 heteroatoms. The van der Waals surface area contributed by atoms with E-state index in [0.29, 0.717) is 17.1 Å². The summed E-state index contributed by atoms with van der Waals surface area (Å²) >= 11 is 0. The average molecular weight is 526 g/mol. The SMILES string of the molecule is COc1ccc(C(=O)N(CC(=O)N2c3ccccc3-n3cccc3C2c2ccc(F)cc2)C2CC2)c(OC)c1. The van der Waals surface area contributed by atoms with Crippen LogP contribution < -0.4 is 14.4 Å². The number of anilines is 1. The van der Waals surface area contributed by atoms with E-state index in [4.69, 9.17) is 9.47 Å². The summed E-state index contributed by atoms with van der Waals surface area (Å²) < 4.78 is 26.7. The second kappa shape index (κ2) is 9.94. The molecule has 6 rings (SSSR count). The zero-order chi connectivity index (χ0) is 27.1. The molecule has 4 aromatic rings. The molecule has 1 unspecified atom stereocenters. The predicted molar refractivity (Wildman–Crippen MR) is 145 cm³/mol. The number of amides is 2. The van der Waals surface area contributed by atoms with Gasteiger partial charge in [-0.15, -0.1) is 0 Å². The van der Waals surface area contributed by atoms with Crippen molar-refractivity contribution < 1.29 is 23.5 Å². The van der Waals surface area contributed by atoms with E-state index in [1.807, 2.05) is 42.6 Å². The van der Waals surface area contributed by atoms with Crippen molar-refractivity contribution in [3.8, 4) is 17.2 Å². The fourth-order valence-electron chi connectivity index (χ4n) is 5.33. The van der Waals surface area contributed by atoms with Crippen LogP contribution in [0.5, 0.6) is 11.5 Å². The molecule has 0 N–H and O–H groups in total. The Hall–Kier alpha value is -4.59. The van der Waals surface area contributed by atoms with Crippen molar-refractivity contribution >= 4 is 17.5 Å². The number of para-hydroxylation sites is 2. The monoisotopic (exact) mass is 525 g/mol. The summed E-state index contributed by atoms with van der Waals surface area (Å²) in [4.78, 5) is 31.5. The molecule has 39 heavy (non-hydrogen) atoms. The number of ether oxygens (including phenoxy) is 2. The van der Waals surface area contributed by atoms with Crippen LogP contribution in [0.2, 0.25) is 0 Å². The molecule has 1 aromatic heterocycles. The maximum absolute atomic E-state index is 14.3. The van der Waals surface area contributed by atoms with Crippen LogP contribution in [-0.2, 0) is 4.79 Å². The van der Waals surface area contributed by atoms with Crippen LogP contribution in [-0.4, -0.2) is 48.1 Å². The predicted octanol–water partition coefficient (Wildman–Crippen LogP) is 5.37. The Morgan fingerprint density at radius 2 is 1.67 bits per heavy atom. The smallest absolute Gasteiger partial charge is 0.258 e. The van der Waals surface area contributed by atoms with E-state index >= 15 is 0 Å². The molecule has 1 saturated carbocycles. The van der Waals surface area contributed by atoms with Crippen LogP contribution in [0.4, 0.5) is 10.1 Å². The van der Waals surface area contributed by atoms with Gasteiger partial charge in [0.2, 0.25) is 5.91 Å². The summed E-state index contributed by atoms with van der Waals surface area (Å²) in [6, 6.07) is 22.3. The van der Waals surface area contributed by atoms with Gasteiger partial charge in [0.15, 0.2) is 0 Å². The number of benzene rings is 3. The number of halogens is 1. The summed E-state index contributed by atoms with van der Waals surface area (Å²) in [6.07, 6.45) is 3.62. The molecule has 2 amide bonds. The number of carbonyl (C=O) groups is 2. The minimum absolute atomic E-state index is 0.0265. The summed E-state index contributed by atoms with van der Waals surface area (Å²) in [5, 5.41) is 0. The largest absolute Gasteiger partial charge is 0.497 e. The molecule has 198 valence electrons. The van der Waals surface area contributed by atoms with E-state index in [2.05, 4.69) is 4.57 Å². The Morgan fingerprint density at radius 3 is 2.36 bits per heavy atom. The molecule has 2 heterocycles. The second-order valence-corrected chi connectivity index (χ2v) is 9.74. The normalized spacial score (nSPS) is 15.8. The Labute approximate surface area is 226 Å². The van der Waals surface area contributed by atoms with E-state index in [1.54, 1.807) is 47.2 Å². The van der Waals surface area contributed by atoms with Gasteiger partial charge in [-0.25, -0.2) is 4.39 Å². The van der Waals surface area contributed by atoms with Crippen LogP contribution >= 0.6 is 0 Å². The highest BCUT2D eigenvalue weighted by Crippen LogP contribution is 2.43. The highest BCUT2D eigenvalue weighted by molar-refractivity contribution is 6.03. The number of rotatable bonds is 7. The maximum Gasteiger partial charge on any atom is 0.258 e. The van der Waals surface area contributed by atoms with Crippen LogP contribution in [0.3, 0.4) is 0 Å². The number of hydrogen-bond donors (Lipinski definition) is 0. The molecule has 1 atom stereocenters. The van der Waals surface area contributed by atoms with Crippen LogP contribution in [0.25, 0.3) is 5.69 Å². The quantitative estimate of drug-likeness (QED) is 0.325. The fraction of sp³-hybridized carbons (Fsp3) is 0.226. The van der Waals surface area contributed by atoms with E-state index in [-0.39, 0.29) is 30.2 Å². The number of carbonyl (C=O) groups excluding carboxylic acids is 2. The first-order valence-corrected chi connectivity index (χ1v) is 12.9. The van der Waals surface area contributed by atoms with Crippen molar-refractivity contribution in [2.24, 2.45) is 0 Å². The summed E-state index contributed by atoms with van der Waals surface area (Å²) in [6.45, 7) is -0.106. The minimum atomic E-state index is -0.491. The van der Waals surface area contributed by atoms with Crippen molar-refractivity contribution in [1.29, 1.82) is 0 Å². The van der Waals surface area contributed by atoms with E-state index in [0.717, 1.165) is 35.5 Å². The number of methoxy groups -OCH3 is 2. The van der Waals surface area contributed by atoms with Gasteiger partial charge in [-0.05, 0) is 66.9 Å². The number of fused-ring (bicyclic) bond motifs is 3. The van der Waals surface area contributed by atoms with Crippen LogP contribution in [0, 0.1) is 5.82 Å². The zero-order valence-electron chi connectivity index (χ0n) is 21.7. The van der Waals surface area contributed by atoms with Crippen molar-refractivity contribution in [3.63, 3.8) is 0 Å². The van der Waals surface area contributed by atoms with Crippen molar-refractivity contribution in [3.05, 3.63) is 108 Å². The summed E-state index contributed by atoms with van der Waals surface area (Å²) in [7, 11) is 3.06. The van der Waals surface area contributed by atoms with Gasteiger partial charge in [0.1, 0.15) is 29.9 Å². The second-order valence-electron chi connectivity index (χ2n) is 9.74. The first kappa shape index (κ1) is 24.7. The van der Waals surface area contributed by atoms with E-state index in [9.17, 15) is 14.0 Å².